The quantitative estimate of drug-likeness (QED) is 0.174. The summed E-state index contributed by atoms with van der Waals surface area (Å²) in [5.41, 5.74) is 9.00. The number of hydrogen-bond acceptors (Lipinski definition) is 7. The zero-order chi connectivity index (χ0) is 26.3. The van der Waals surface area contributed by atoms with Crippen LogP contribution >= 0.6 is 0 Å². The predicted molar refractivity (Wildman–Crippen MR) is 135 cm³/mol. The SMILES string of the molecule is Cc1cc(C)c(N=Cc2n[nH]c(C=Nc3c(C)cc(C)cc3C)n2)c(C)c1.O=S([O-])OC(F)(F)F.[CH3-].[Fe+2]. The van der Waals surface area contributed by atoms with Crippen molar-refractivity contribution >= 4 is 35.2 Å². The molecule has 0 radical (unpaired) electrons. The van der Waals surface area contributed by atoms with Crippen LogP contribution in [0.5, 0.6) is 0 Å². The van der Waals surface area contributed by atoms with Gasteiger partial charge in [-0.2, -0.15) is 5.10 Å². The molecule has 0 spiro atoms. The number of nitrogens with one attached hydrogen (secondary N) is 1. The number of aliphatic imine (C=N–C) groups is 2. The van der Waals surface area contributed by atoms with E-state index in [1.165, 1.54) is 11.1 Å². The first-order valence-corrected chi connectivity index (χ1v) is 11.3. The summed E-state index contributed by atoms with van der Waals surface area (Å²) >= 11 is -3.51. The summed E-state index contributed by atoms with van der Waals surface area (Å²) in [5, 5.41) is 7.10. The van der Waals surface area contributed by atoms with Crippen LogP contribution in [0.25, 0.3) is 0 Å². The summed E-state index contributed by atoms with van der Waals surface area (Å²) in [6, 6.07) is 8.51. The first-order valence-electron chi connectivity index (χ1n) is 10.3. The van der Waals surface area contributed by atoms with Crippen molar-refractivity contribution in [3.05, 3.63) is 76.7 Å². The fourth-order valence-corrected chi connectivity index (χ4v) is 3.63. The third-order valence-electron chi connectivity index (χ3n) is 4.58. The summed E-state index contributed by atoms with van der Waals surface area (Å²) in [4.78, 5) is 13.6. The average Bonchev–Trinajstić information content (AvgIpc) is 3.12. The Kier molecular flexibility index (Phi) is 13.8. The van der Waals surface area contributed by atoms with Crippen molar-refractivity contribution in [2.24, 2.45) is 9.98 Å². The van der Waals surface area contributed by atoms with Gasteiger partial charge in [-0.25, -0.2) is 13.4 Å². The molecule has 0 bridgehead atoms. The number of nitrogens with zero attached hydrogens (tertiary/aromatic N) is 4. The number of hydrogen-bond donors (Lipinski definition) is 1. The second-order valence-electron chi connectivity index (χ2n) is 7.82. The molecule has 1 atom stereocenters. The topological polar surface area (TPSA) is 116 Å². The van der Waals surface area contributed by atoms with Crippen molar-refractivity contribution in [2.75, 3.05) is 0 Å². The van der Waals surface area contributed by atoms with Crippen molar-refractivity contribution in [2.45, 2.75) is 47.9 Å². The van der Waals surface area contributed by atoms with Gasteiger partial charge in [0.1, 0.15) is 0 Å². The molecule has 0 saturated heterocycles. The molecule has 8 nitrogen and oxygen atoms in total. The van der Waals surface area contributed by atoms with Gasteiger partial charge < -0.3 is 12.0 Å². The molecule has 13 heteroatoms. The smallest absolute Gasteiger partial charge is 0.750 e. The molecule has 1 aromatic heterocycles. The average molecular weight is 579 g/mol. The number of rotatable bonds is 5. The van der Waals surface area contributed by atoms with Gasteiger partial charge in [0.05, 0.1) is 35.2 Å². The molecule has 0 amide bonds. The molecule has 0 aliphatic heterocycles. The van der Waals surface area contributed by atoms with Crippen LogP contribution < -0.4 is 0 Å². The van der Waals surface area contributed by atoms with Crippen LogP contribution in [0.4, 0.5) is 24.5 Å². The molecule has 1 unspecified atom stereocenters. The molecule has 0 aliphatic carbocycles. The van der Waals surface area contributed by atoms with E-state index >= 15 is 0 Å². The summed E-state index contributed by atoms with van der Waals surface area (Å²) in [5.74, 6) is 1.14. The number of aromatic nitrogens is 3. The minimum absolute atomic E-state index is 0. The van der Waals surface area contributed by atoms with Gasteiger partial charge in [0.15, 0.2) is 11.6 Å². The Balaban J connectivity index is 0.00000113. The van der Waals surface area contributed by atoms with Crippen LogP contribution in [-0.2, 0) is 32.6 Å². The van der Waals surface area contributed by atoms with E-state index in [4.69, 9.17) is 8.76 Å². The summed E-state index contributed by atoms with van der Waals surface area (Å²) in [6.07, 6.45) is -1.70. The maximum Gasteiger partial charge on any atom is 2.00 e. The van der Waals surface area contributed by atoms with Gasteiger partial charge in [0.25, 0.3) is 0 Å². The number of aromatic amines is 1. The number of alkyl halides is 3. The van der Waals surface area contributed by atoms with E-state index in [0.717, 1.165) is 33.6 Å². The summed E-state index contributed by atoms with van der Waals surface area (Å²) in [7, 11) is 0. The summed E-state index contributed by atoms with van der Waals surface area (Å²) < 4.78 is 52.6. The van der Waals surface area contributed by atoms with Crippen LogP contribution in [0.2, 0.25) is 0 Å². The van der Waals surface area contributed by atoms with Crippen molar-refractivity contribution in [1.82, 2.24) is 15.2 Å². The fourth-order valence-electron chi connectivity index (χ4n) is 3.48. The maximum atomic E-state index is 10.7. The molecule has 37 heavy (non-hydrogen) atoms. The third kappa shape index (κ3) is 11.5. The minimum atomic E-state index is -5.09. The van der Waals surface area contributed by atoms with Crippen molar-refractivity contribution in [1.29, 1.82) is 0 Å². The Labute approximate surface area is 227 Å². The summed E-state index contributed by atoms with van der Waals surface area (Å²) in [6.45, 7) is 12.4. The van der Waals surface area contributed by atoms with Gasteiger partial charge in [-0.3, -0.25) is 15.1 Å². The van der Waals surface area contributed by atoms with E-state index in [-0.39, 0.29) is 24.5 Å². The zero-order valence-corrected chi connectivity index (χ0v) is 23.3. The number of halogens is 3. The number of H-pyrrole nitrogens is 1. The second-order valence-corrected chi connectivity index (χ2v) is 8.40. The molecule has 0 fully saturated rings. The van der Waals surface area contributed by atoms with Gasteiger partial charge in [-0.15, -0.1) is 13.2 Å². The van der Waals surface area contributed by atoms with E-state index in [2.05, 4.69) is 95.2 Å². The molecule has 3 aromatic rings. The van der Waals surface area contributed by atoms with Crippen LogP contribution in [0, 0.1) is 49.0 Å². The Morgan fingerprint density at radius 2 is 1.30 bits per heavy atom. The first kappa shape index (κ1) is 34.3. The van der Waals surface area contributed by atoms with Crippen molar-refractivity contribution in [3.63, 3.8) is 0 Å². The van der Waals surface area contributed by atoms with Crippen molar-refractivity contribution in [3.8, 4) is 0 Å². The van der Waals surface area contributed by atoms with E-state index < -0.39 is 17.7 Å². The van der Waals surface area contributed by atoms with Gasteiger partial charge in [-0.05, 0) is 63.8 Å². The van der Waals surface area contributed by atoms with E-state index in [0.29, 0.717) is 11.6 Å². The molecule has 202 valence electrons. The molecule has 1 heterocycles. The van der Waals surface area contributed by atoms with E-state index in [1.807, 2.05) is 0 Å². The molecule has 2 aromatic carbocycles. The largest absolute Gasteiger partial charge is 2.00 e. The molecule has 0 saturated carbocycles. The Hall–Kier alpha value is -2.70. The van der Waals surface area contributed by atoms with Gasteiger partial charge in [0, 0.05) is 0 Å². The molecular weight excluding hydrogens is 551 g/mol. The molecule has 3 rings (SSSR count). The zero-order valence-electron chi connectivity index (χ0n) is 21.4. The van der Waals surface area contributed by atoms with Gasteiger partial charge >= 0.3 is 23.4 Å². The minimum Gasteiger partial charge on any atom is -0.750 e. The fraction of sp³-hybridized carbons (Fsp3) is 0.292. The van der Waals surface area contributed by atoms with E-state index in [9.17, 15) is 13.2 Å². The van der Waals surface area contributed by atoms with Crippen molar-refractivity contribution < 1.29 is 43.2 Å². The van der Waals surface area contributed by atoms with Gasteiger partial charge in [0.2, 0.25) is 0 Å². The maximum absolute atomic E-state index is 10.7. The monoisotopic (exact) mass is 579 g/mol. The first-order chi connectivity index (χ1) is 16.2. The predicted octanol–water partition coefficient (Wildman–Crippen LogP) is 5.92. The Morgan fingerprint density at radius 3 is 1.65 bits per heavy atom. The number of aryl methyl sites for hydroxylation is 6. The Morgan fingerprint density at radius 1 is 0.892 bits per heavy atom. The van der Waals surface area contributed by atoms with Crippen LogP contribution in [0.3, 0.4) is 0 Å². The Bertz CT molecular complexity index is 1150. The molecule has 0 aliphatic rings. The normalized spacial score (nSPS) is 12.1. The number of benzene rings is 2. The third-order valence-corrected chi connectivity index (χ3v) is 4.90. The van der Waals surface area contributed by atoms with Crippen LogP contribution in [0.15, 0.2) is 34.3 Å². The van der Waals surface area contributed by atoms with E-state index in [1.54, 1.807) is 12.4 Å². The van der Waals surface area contributed by atoms with Gasteiger partial charge in [-0.1, -0.05) is 35.4 Å². The van der Waals surface area contributed by atoms with Crippen LogP contribution in [0.1, 0.15) is 45.0 Å². The molecule has 1 N–H and O–H groups in total. The molecular formula is C24H28F3FeN5O3S. The standard InChI is InChI=1S/C22H25N5.CHF3O3S.CH3.Fe/c1-13-7-15(3)21(16(4)8-13)23-11-19-25-20(27-26-19)12-24-22-17(5)9-14(2)10-18(22)6;2-1(3,4)7-8(5)6;;/h7-12H,1-6H3,(H,25,26,27);(H,5,6);1H3;/q;;-1;+2/p-1. The van der Waals surface area contributed by atoms with Crippen LogP contribution in [-0.4, -0.2) is 42.7 Å². The second kappa shape index (κ2) is 14.9.